The average Bonchev–Trinajstić information content (AvgIpc) is 2.73. The molecule has 6 nitrogen and oxygen atoms in total. The van der Waals surface area contributed by atoms with Gasteiger partial charge in [0, 0.05) is 28.8 Å². The molecule has 31 heavy (non-hydrogen) atoms. The van der Waals surface area contributed by atoms with Crippen LogP contribution in [-0.4, -0.2) is 26.5 Å². The third kappa shape index (κ3) is 4.48. The number of H-pyrrole nitrogens is 1. The van der Waals surface area contributed by atoms with Crippen molar-refractivity contribution in [1.82, 2.24) is 19.9 Å². The Labute approximate surface area is 181 Å². The number of rotatable bonds is 6. The number of nitrogens with zero attached hydrogens (tertiary/aromatic N) is 3. The van der Waals surface area contributed by atoms with Gasteiger partial charge < -0.3 is 9.72 Å². The van der Waals surface area contributed by atoms with Gasteiger partial charge in [-0.1, -0.05) is 42.0 Å². The second kappa shape index (κ2) is 8.68. The number of hydrogen-bond acceptors (Lipinski definition) is 5. The molecule has 158 valence electrons. The molecule has 0 unspecified atom stereocenters. The Hall–Kier alpha value is -3.54. The minimum Gasteiger partial charge on any atom is -0.492 e. The Balaban J connectivity index is 1.65. The summed E-state index contributed by atoms with van der Waals surface area (Å²) in [6.07, 6.45) is 0.899. The van der Waals surface area contributed by atoms with E-state index >= 15 is 0 Å². The molecule has 6 heteroatoms. The highest BCUT2D eigenvalue weighted by Crippen LogP contribution is 2.25. The van der Waals surface area contributed by atoms with Crippen LogP contribution in [0.4, 0.5) is 0 Å². The molecule has 1 N–H and O–H groups in total. The highest BCUT2D eigenvalue weighted by Gasteiger charge is 2.13. The fourth-order valence-electron chi connectivity index (χ4n) is 3.71. The van der Waals surface area contributed by atoms with Gasteiger partial charge >= 0.3 is 0 Å². The van der Waals surface area contributed by atoms with Gasteiger partial charge in [0.05, 0.1) is 13.0 Å². The summed E-state index contributed by atoms with van der Waals surface area (Å²) in [6, 6.07) is 14.0. The number of nitrogens with one attached hydrogen (secondary N) is 1. The smallest absolute Gasteiger partial charge is 0.254 e. The molecule has 2 aromatic carbocycles. The molecule has 4 rings (SSSR count). The highest BCUT2D eigenvalue weighted by atomic mass is 16.5. The van der Waals surface area contributed by atoms with Crippen LogP contribution >= 0.6 is 0 Å². The first-order chi connectivity index (χ1) is 14.9. The third-order valence-electron chi connectivity index (χ3n) is 5.32. The standard InChI is InChI=1S/C25H26N4O2/c1-5-31-21-8-6-7-19-16(3)26-22(28-24(19)21)14-23-27-17(4)20(25(30)29-23)13-18-11-9-15(2)10-12-18/h6-12H,5,13-14H2,1-4H3,(H,27,29,30). The minimum atomic E-state index is -0.115. The minimum absolute atomic E-state index is 0.115. The number of hydrogen-bond donors (Lipinski definition) is 1. The van der Waals surface area contributed by atoms with Crippen LogP contribution in [0.2, 0.25) is 0 Å². The molecule has 0 aliphatic carbocycles. The van der Waals surface area contributed by atoms with Crippen LogP contribution in [0, 0.1) is 20.8 Å². The largest absolute Gasteiger partial charge is 0.492 e. The van der Waals surface area contributed by atoms with Gasteiger partial charge in [-0.3, -0.25) is 4.79 Å². The van der Waals surface area contributed by atoms with Crippen LogP contribution < -0.4 is 10.3 Å². The van der Waals surface area contributed by atoms with Crippen LogP contribution in [0.1, 0.15) is 46.7 Å². The quantitative estimate of drug-likeness (QED) is 0.511. The Morgan fingerprint density at radius 1 is 0.903 bits per heavy atom. The van der Waals surface area contributed by atoms with Gasteiger partial charge in [-0.25, -0.2) is 15.0 Å². The normalized spacial score (nSPS) is 11.1. The van der Waals surface area contributed by atoms with E-state index in [1.54, 1.807) is 0 Å². The number of fused-ring (bicyclic) bond motifs is 1. The zero-order valence-corrected chi connectivity index (χ0v) is 18.3. The number of aromatic nitrogens is 4. The number of ether oxygens (including phenoxy) is 1. The molecule has 0 spiro atoms. The van der Waals surface area contributed by atoms with E-state index in [0.717, 1.165) is 33.6 Å². The van der Waals surface area contributed by atoms with Gasteiger partial charge in [0.1, 0.15) is 22.9 Å². The predicted molar refractivity (Wildman–Crippen MR) is 122 cm³/mol. The van der Waals surface area contributed by atoms with E-state index in [4.69, 9.17) is 9.72 Å². The van der Waals surface area contributed by atoms with E-state index in [1.165, 1.54) is 5.56 Å². The lowest BCUT2D eigenvalue weighted by atomic mass is 10.0. The first-order valence-corrected chi connectivity index (χ1v) is 10.5. The number of para-hydroxylation sites is 1. The number of aromatic amines is 1. The maximum absolute atomic E-state index is 12.8. The monoisotopic (exact) mass is 414 g/mol. The van der Waals surface area contributed by atoms with E-state index in [9.17, 15) is 4.79 Å². The first-order valence-electron chi connectivity index (χ1n) is 10.5. The van der Waals surface area contributed by atoms with Crippen molar-refractivity contribution in [2.45, 2.75) is 40.5 Å². The Morgan fingerprint density at radius 2 is 1.68 bits per heavy atom. The summed E-state index contributed by atoms with van der Waals surface area (Å²) in [5.41, 5.74) is 5.23. The van der Waals surface area contributed by atoms with Crippen LogP contribution in [0.25, 0.3) is 10.9 Å². The SMILES string of the molecule is CCOc1cccc2c(C)nc(Cc3nc(C)c(Cc4ccc(C)cc4)c(=O)[nH]3)nc12. The summed E-state index contributed by atoms with van der Waals surface area (Å²) < 4.78 is 5.73. The van der Waals surface area contributed by atoms with Crippen molar-refractivity contribution >= 4 is 10.9 Å². The topological polar surface area (TPSA) is 80.8 Å². The highest BCUT2D eigenvalue weighted by molar-refractivity contribution is 5.86. The van der Waals surface area contributed by atoms with Crippen LogP contribution in [0.5, 0.6) is 5.75 Å². The molecule has 0 amide bonds. The summed E-state index contributed by atoms with van der Waals surface area (Å²) in [6.45, 7) is 8.39. The molecule has 0 saturated heterocycles. The third-order valence-corrected chi connectivity index (χ3v) is 5.32. The second-order valence-electron chi connectivity index (χ2n) is 7.73. The number of aryl methyl sites for hydroxylation is 3. The average molecular weight is 415 g/mol. The van der Waals surface area contributed by atoms with E-state index < -0.39 is 0 Å². The molecule has 0 radical (unpaired) electrons. The van der Waals surface area contributed by atoms with Crippen molar-refractivity contribution in [3.05, 3.63) is 92.5 Å². The van der Waals surface area contributed by atoms with Crippen molar-refractivity contribution in [1.29, 1.82) is 0 Å². The summed E-state index contributed by atoms with van der Waals surface area (Å²) in [5, 5.41) is 0.959. The molecular weight excluding hydrogens is 388 g/mol. The van der Waals surface area contributed by atoms with Gasteiger partial charge in [-0.15, -0.1) is 0 Å². The predicted octanol–water partition coefficient (Wildman–Crippen LogP) is 4.22. The maximum atomic E-state index is 12.8. The molecule has 0 fully saturated rings. The zero-order valence-electron chi connectivity index (χ0n) is 18.3. The fourth-order valence-corrected chi connectivity index (χ4v) is 3.71. The second-order valence-corrected chi connectivity index (χ2v) is 7.73. The van der Waals surface area contributed by atoms with Crippen molar-refractivity contribution in [3.8, 4) is 5.75 Å². The van der Waals surface area contributed by atoms with E-state index in [1.807, 2.05) is 58.0 Å². The van der Waals surface area contributed by atoms with Crippen molar-refractivity contribution in [2.75, 3.05) is 6.61 Å². The lowest BCUT2D eigenvalue weighted by Crippen LogP contribution is -2.20. The summed E-state index contributed by atoms with van der Waals surface area (Å²) >= 11 is 0. The molecule has 2 aromatic heterocycles. The van der Waals surface area contributed by atoms with Gasteiger partial charge in [0.15, 0.2) is 0 Å². The number of benzene rings is 2. The first kappa shape index (κ1) is 20.7. The Bertz CT molecular complexity index is 1290. The van der Waals surface area contributed by atoms with Crippen molar-refractivity contribution in [3.63, 3.8) is 0 Å². The van der Waals surface area contributed by atoms with Crippen LogP contribution in [0.15, 0.2) is 47.3 Å². The molecule has 0 atom stereocenters. The van der Waals surface area contributed by atoms with Gasteiger partial charge in [0.25, 0.3) is 5.56 Å². The summed E-state index contributed by atoms with van der Waals surface area (Å²) in [4.78, 5) is 29.7. The van der Waals surface area contributed by atoms with Gasteiger partial charge in [-0.2, -0.15) is 0 Å². The van der Waals surface area contributed by atoms with Gasteiger partial charge in [0.2, 0.25) is 0 Å². The Kier molecular flexibility index (Phi) is 5.80. The molecule has 2 heterocycles. The summed E-state index contributed by atoms with van der Waals surface area (Å²) in [7, 11) is 0. The molecule has 0 saturated carbocycles. The zero-order chi connectivity index (χ0) is 22.0. The van der Waals surface area contributed by atoms with E-state index in [-0.39, 0.29) is 5.56 Å². The molecule has 0 bridgehead atoms. The van der Waals surface area contributed by atoms with Crippen molar-refractivity contribution in [2.24, 2.45) is 0 Å². The van der Waals surface area contributed by atoms with Crippen LogP contribution in [-0.2, 0) is 12.8 Å². The molecule has 0 aliphatic rings. The van der Waals surface area contributed by atoms with E-state index in [2.05, 4.69) is 27.1 Å². The molecule has 0 aliphatic heterocycles. The summed E-state index contributed by atoms with van der Waals surface area (Å²) in [5.74, 6) is 1.90. The lowest BCUT2D eigenvalue weighted by molar-refractivity contribution is 0.343. The van der Waals surface area contributed by atoms with Gasteiger partial charge in [-0.05, 0) is 39.3 Å². The molecule has 4 aromatic rings. The lowest BCUT2D eigenvalue weighted by Gasteiger charge is -2.11. The van der Waals surface area contributed by atoms with Crippen LogP contribution in [0.3, 0.4) is 0 Å². The van der Waals surface area contributed by atoms with Crippen molar-refractivity contribution < 1.29 is 4.74 Å². The Morgan fingerprint density at radius 3 is 2.39 bits per heavy atom. The maximum Gasteiger partial charge on any atom is 0.254 e. The molecular formula is C25H26N4O2. The van der Waals surface area contributed by atoms with E-state index in [0.29, 0.717) is 36.7 Å². The fraction of sp³-hybridized carbons (Fsp3) is 0.280.